The molecule has 1 saturated heterocycles. The van der Waals surface area contributed by atoms with E-state index in [1.54, 1.807) is 6.07 Å². The Kier molecular flexibility index (Phi) is 4.81. The van der Waals surface area contributed by atoms with Crippen LogP contribution in [0.25, 0.3) is 22.2 Å². The van der Waals surface area contributed by atoms with Gasteiger partial charge in [-0.2, -0.15) is 5.10 Å². The third-order valence-corrected chi connectivity index (χ3v) is 4.58. The van der Waals surface area contributed by atoms with Gasteiger partial charge in [0.25, 0.3) is 0 Å². The van der Waals surface area contributed by atoms with Crippen LogP contribution in [0.1, 0.15) is 6.42 Å². The van der Waals surface area contributed by atoms with Crippen molar-refractivity contribution in [2.75, 3.05) is 26.3 Å². The molecule has 1 amide bonds. The fraction of sp³-hybridized carbons (Fsp3) is 0.333. The lowest BCUT2D eigenvalue weighted by Gasteiger charge is -2.26. The number of aryl methyl sites for hydroxylation is 1. The SMILES string of the molecule is O=C1COCCN1CCCn1cc(-c2cnc3ccc(Cl)nc3c2)cn1. The Hall–Kier alpha value is -2.51. The topological polar surface area (TPSA) is 73.1 Å². The Morgan fingerprint density at radius 1 is 1.15 bits per heavy atom. The van der Waals surface area contributed by atoms with Crippen LogP contribution in [-0.4, -0.2) is 56.9 Å². The van der Waals surface area contributed by atoms with Crippen LogP contribution in [0, 0.1) is 0 Å². The molecule has 0 N–H and O–H groups in total. The van der Waals surface area contributed by atoms with Gasteiger partial charge in [0.2, 0.25) is 5.91 Å². The average Bonchev–Trinajstić information content (AvgIpc) is 3.11. The summed E-state index contributed by atoms with van der Waals surface area (Å²) in [7, 11) is 0. The molecule has 4 heterocycles. The average molecular weight is 372 g/mol. The van der Waals surface area contributed by atoms with Gasteiger partial charge in [-0.3, -0.25) is 14.5 Å². The molecule has 0 bridgehead atoms. The number of nitrogens with zero attached hydrogens (tertiary/aromatic N) is 5. The first-order chi connectivity index (χ1) is 12.7. The number of morpholine rings is 1. The predicted molar refractivity (Wildman–Crippen MR) is 97.8 cm³/mol. The third-order valence-electron chi connectivity index (χ3n) is 4.37. The summed E-state index contributed by atoms with van der Waals surface area (Å²) < 4.78 is 7.02. The second kappa shape index (κ2) is 7.39. The molecule has 26 heavy (non-hydrogen) atoms. The molecule has 0 atom stereocenters. The minimum Gasteiger partial charge on any atom is -0.370 e. The van der Waals surface area contributed by atoms with E-state index in [-0.39, 0.29) is 12.5 Å². The van der Waals surface area contributed by atoms with E-state index in [1.807, 2.05) is 40.3 Å². The summed E-state index contributed by atoms with van der Waals surface area (Å²) in [5.41, 5.74) is 3.49. The largest absolute Gasteiger partial charge is 0.370 e. The molecule has 0 aromatic carbocycles. The number of carbonyl (C=O) groups excluding carboxylic acids is 1. The van der Waals surface area contributed by atoms with Gasteiger partial charge in [0.15, 0.2) is 0 Å². The second-order valence-corrected chi connectivity index (χ2v) is 6.56. The number of rotatable bonds is 5. The van der Waals surface area contributed by atoms with Crippen LogP contribution in [0.5, 0.6) is 0 Å². The number of amides is 1. The van der Waals surface area contributed by atoms with Crippen LogP contribution < -0.4 is 0 Å². The molecule has 7 nitrogen and oxygen atoms in total. The Balaban J connectivity index is 1.42. The number of aromatic nitrogens is 4. The molecule has 134 valence electrons. The zero-order valence-electron chi connectivity index (χ0n) is 14.1. The lowest BCUT2D eigenvalue weighted by Crippen LogP contribution is -2.42. The number of halogens is 1. The van der Waals surface area contributed by atoms with E-state index >= 15 is 0 Å². The minimum atomic E-state index is 0.0609. The quantitative estimate of drug-likeness (QED) is 0.644. The van der Waals surface area contributed by atoms with Crippen molar-refractivity contribution in [3.05, 3.63) is 41.9 Å². The first kappa shape index (κ1) is 16.9. The molecule has 0 saturated carbocycles. The van der Waals surface area contributed by atoms with Gasteiger partial charge in [-0.15, -0.1) is 0 Å². The van der Waals surface area contributed by atoms with Gasteiger partial charge in [0.1, 0.15) is 11.8 Å². The summed E-state index contributed by atoms with van der Waals surface area (Å²) in [6.07, 6.45) is 6.45. The number of ether oxygens (including phenoxy) is 1. The smallest absolute Gasteiger partial charge is 0.248 e. The standard InChI is InChI=1S/C18H18ClN5O2/c19-17-3-2-15-16(22-17)8-13(9-20-15)14-10-21-24(11-14)5-1-4-23-6-7-26-12-18(23)25/h2-3,8-11H,1,4-7,12H2. The first-order valence-electron chi connectivity index (χ1n) is 8.50. The van der Waals surface area contributed by atoms with E-state index in [1.165, 1.54) is 0 Å². The van der Waals surface area contributed by atoms with Crippen molar-refractivity contribution in [2.45, 2.75) is 13.0 Å². The summed E-state index contributed by atoms with van der Waals surface area (Å²) in [6, 6.07) is 5.54. The Morgan fingerprint density at radius 3 is 2.96 bits per heavy atom. The maximum Gasteiger partial charge on any atom is 0.248 e. The van der Waals surface area contributed by atoms with Crippen molar-refractivity contribution in [3.63, 3.8) is 0 Å². The zero-order valence-corrected chi connectivity index (χ0v) is 14.9. The van der Waals surface area contributed by atoms with E-state index in [2.05, 4.69) is 15.1 Å². The van der Waals surface area contributed by atoms with Crippen molar-refractivity contribution in [1.82, 2.24) is 24.6 Å². The Morgan fingerprint density at radius 2 is 2.08 bits per heavy atom. The highest BCUT2D eigenvalue weighted by atomic mass is 35.5. The molecule has 1 fully saturated rings. The Bertz CT molecular complexity index is 942. The fourth-order valence-corrected chi connectivity index (χ4v) is 3.14. The molecular weight excluding hydrogens is 354 g/mol. The van der Waals surface area contributed by atoms with Crippen molar-refractivity contribution in [1.29, 1.82) is 0 Å². The molecule has 0 aliphatic carbocycles. The molecule has 4 rings (SSSR count). The van der Waals surface area contributed by atoms with Crippen molar-refractivity contribution in [3.8, 4) is 11.1 Å². The zero-order chi connectivity index (χ0) is 17.9. The van der Waals surface area contributed by atoms with Gasteiger partial charge in [0.05, 0.1) is 23.8 Å². The van der Waals surface area contributed by atoms with E-state index < -0.39 is 0 Å². The molecule has 3 aromatic rings. The third kappa shape index (κ3) is 3.68. The highest BCUT2D eigenvalue weighted by molar-refractivity contribution is 6.29. The lowest BCUT2D eigenvalue weighted by molar-refractivity contribution is -0.142. The maximum absolute atomic E-state index is 11.7. The van der Waals surface area contributed by atoms with Crippen LogP contribution >= 0.6 is 11.6 Å². The molecule has 1 aliphatic rings. The van der Waals surface area contributed by atoms with E-state index in [0.29, 0.717) is 18.3 Å². The maximum atomic E-state index is 11.7. The number of fused-ring (bicyclic) bond motifs is 1. The van der Waals surface area contributed by atoms with E-state index in [0.717, 1.165) is 41.7 Å². The summed E-state index contributed by atoms with van der Waals surface area (Å²) in [5, 5.41) is 4.86. The Labute approximate surface area is 155 Å². The summed E-state index contributed by atoms with van der Waals surface area (Å²) in [4.78, 5) is 22.3. The second-order valence-electron chi connectivity index (χ2n) is 6.18. The summed E-state index contributed by atoms with van der Waals surface area (Å²) in [5.74, 6) is 0.0609. The van der Waals surface area contributed by atoms with Gasteiger partial charge in [-0.05, 0) is 24.6 Å². The molecule has 0 spiro atoms. The molecular formula is C18H18ClN5O2. The van der Waals surface area contributed by atoms with E-state index in [9.17, 15) is 4.79 Å². The van der Waals surface area contributed by atoms with Crippen LogP contribution in [0.3, 0.4) is 0 Å². The first-order valence-corrected chi connectivity index (χ1v) is 8.87. The predicted octanol–water partition coefficient (Wildman–Crippen LogP) is 2.40. The van der Waals surface area contributed by atoms with Gasteiger partial charge in [0, 0.05) is 43.2 Å². The minimum absolute atomic E-state index is 0.0609. The van der Waals surface area contributed by atoms with Crippen LogP contribution in [0.4, 0.5) is 0 Å². The van der Waals surface area contributed by atoms with Crippen molar-refractivity contribution < 1.29 is 9.53 Å². The number of hydrogen-bond donors (Lipinski definition) is 0. The fourth-order valence-electron chi connectivity index (χ4n) is 2.98. The number of hydrogen-bond acceptors (Lipinski definition) is 5. The number of pyridine rings is 2. The van der Waals surface area contributed by atoms with E-state index in [4.69, 9.17) is 16.3 Å². The van der Waals surface area contributed by atoms with Gasteiger partial charge in [-0.1, -0.05) is 11.6 Å². The van der Waals surface area contributed by atoms with Crippen LogP contribution in [0.15, 0.2) is 36.8 Å². The normalized spacial score (nSPS) is 15.0. The monoisotopic (exact) mass is 371 g/mol. The molecule has 8 heteroatoms. The highest BCUT2D eigenvalue weighted by Crippen LogP contribution is 2.22. The molecule has 3 aromatic heterocycles. The summed E-state index contributed by atoms with van der Waals surface area (Å²) in [6.45, 7) is 2.94. The molecule has 0 radical (unpaired) electrons. The van der Waals surface area contributed by atoms with Gasteiger partial charge >= 0.3 is 0 Å². The van der Waals surface area contributed by atoms with Crippen LogP contribution in [-0.2, 0) is 16.1 Å². The molecule has 0 unspecified atom stereocenters. The molecule has 1 aliphatic heterocycles. The van der Waals surface area contributed by atoms with Gasteiger partial charge in [-0.25, -0.2) is 4.98 Å². The highest BCUT2D eigenvalue weighted by Gasteiger charge is 2.17. The lowest BCUT2D eigenvalue weighted by atomic mass is 10.1. The summed E-state index contributed by atoms with van der Waals surface area (Å²) >= 11 is 5.96. The van der Waals surface area contributed by atoms with Crippen LogP contribution in [0.2, 0.25) is 5.15 Å². The van der Waals surface area contributed by atoms with Crippen molar-refractivity contribution >= 4 is 28.5 Å². The van der Waals surface area contributed by atoms with Crippen molar-refractivity contribution in [2.24, 2.45) is 0 Å². The van der Waals surface area contributed by atoms with Gasteiger partial charge < -0.3 is 9.64 Å². The number of carbonyl (C=O) groups is 1.